The lowest BCUT2D eigenvalue weighted by Gasteiger charge is -2.10. The fourth-order valence-corrected chi connectivity index (χ4v) is 1.24. The molecule has 0 aliphatic rings. The zero-order valence-corrected chi connectivity index (χ0v) is 10.1. The van der Waals surface area contributed by atoms with E-state index in [9.17, 15) is 4.79 Å². The third kappa shape index (κ3) is 10.7. The number of carboxylic acid groups (broad SMARTS) is 1. The SMILES string of the molecule is C=C=CC(CC/C=C/CCC(=O)O)OCC=C. The summed E-state index contributed by atoms with van der Waals surface area (Å²) in [5.41, 5.74) is 2.71. The molecule has 3 heteroatoms. The lowest BCUT2D eigenvalue weighted by molar-refractivity contribution is -0.136. The van der Waals surface area contributed by atoms with Crippen molar-refractivity contribution in [2.75, 3.05) is 6.61 Å². The Hall–Kier alpha value is -1.57. The Labute approximate surface area is 103 Å². The molecule has 3 nitrogen and oxygen atoms in total. The second-order valence-corrected chi connectivity index (χ2v) is 3.51. The second-order valence-electron chi connectivity index (χ2n) is 3.51. The van der Waals surface area contributed by atoms with E-state index in [1.54, 1.807) is 12.2 Å². The van der Waals surface area contributed by atoms with Crippen molar-refractivity contribution in [2.24, 2.45) is 0 Å². The topological polar surface area (TPSA) is 46.5 Å². The van der Waals surface area contributed by atoms with Crippen molar-refractivity contribution >= 4 is 5.97 Å². The van der Waals surface area contributed by atoms with Gasteiger partial charge in [0.1, 0.15) is 0 Å². The molecule has 0 aromatic carbocycles. The normalized spacial score (nSPS) is 12.0. The molecule has 0 bridgehead atoms. The summed E-state index contributed by atoms with van der Waals surface area (Å²) in [6.07, 6.45) is 9.78. The molecule has 1 N–H and O–H groups in total. The van der Waals surface area contributed by atoms with Gasteiger partial charge in [0.05, 0.1) is 12.7 Å². The maximum atomic E-state index is 10.3. The maximum Gasteiger partial charge on any atom is 0.303 e. The van der Waals surface area contributed by atoms with Crippen LogP contribution in [-0.4, -0.2) is 23.8 Å². The maximum absolute atomic E-state index is 10.3. The molecule has 1 unspecified atom stereocenters. The van der Waals surface area contributed by atoms with Gasteiger partial charge in [0.25, 0.3) is 0 Å². The first-order chi connectivity index (χ1) is 8.20. The highest BCUT2D eigenvalue weighted by molar-refractivity contribution is 5.66. The van der Waals surface area contributed by atoms with Crippen molar-refractivity contribution in [3.05, 3.63) is 43.2 Å². The van der Waals surface area contributed by atoms with Gasteiger partial charge in [-0.2, -0.15) is 0 Å². The predicted molar refractivity (Wildman–Crippen MR) is 68.9 cm³/mol. The number of hydrogen-bond acceptors (Lipinski definition) is 2. The highest BCUT2D eigenvalue weighted by Crippen LogP contribution is 2.05. The third-order valence-corrected chi connectivity index (χ3v) is 2.04. The Morgan fingerprint density at radius 2 is 2.12 bits per heavy atom. The van der Waals surface area contributed by atoms with E-state index in [0.717, 1.165) is 12.8 Å². The minimum Gasteiger partial charge on any atom is -0.481 e. The molecule has 0 rings (SSSR count). The van der Waals surface area contributed by atoms with Gasteiger partial charge in [-0.3, -0.25) is 4.79 Å². The molecule has 0 amide bonds. The van der Waals surface area contributed by atoms with Crippen molar-refractivity contribution in [1.29, 1.82) is 0 Å². The summed E-state index contributed by atoms with van der Waals surface area (Å²) in [4.78, 5) is 10.3. The van der Waals surface area contributed by atoms with Crippen LogP contribution >= 0.6 is 0 Å². The summed E-state index contributed by atoms with van der Waals surface area (Å²) in [6.45, 7) is 7.61. The van der Waals surface area contributed by atoms with E-state index in [2.05, 4.69) is 18.9 Å². The van der Waals surface area contributed by atoms with Gasteiger partial charge in [0.15, 0.2) is 0 Å². The second kappa shape index (κ2) is 10.9. The van der Waals surface area contributed by atoms with Crippen LogP contribution in [-0.2, 0) is 9.53 Å². The number of rotatable bonds is 10. The van der Waals surface area contributed by atoms with E-state index in [1.165, 1.54) is 0 Å². The zero-order valence-electron chi connectivity index (χ0n) is 10.1. The lowest BCUT2D eigenvalue weighted by Crippen LogP contribution is -2.08. The summed E-state index contributed by atoms with van der Waals surface area (Å²) in [5, 5.41) is 8.44. The van der Waals surface area contributed by atoms with Gasteiger partial charge in [-0.25, -0.2) is 0 Å². The van der Waals surface area contributed by atoms with Crippen LogP contribution in [0.2, 0.25) is 0 Å². The molecule has 17 heavy (non-hydrogen) atoms. The van der Waals surface area contributed by atoms with Gasteiger partial charge < -0.3 is 9.84 Å². The largest absolute Gasteiger partial charge is 0.481 e. The van der Waals surface area contributed by atoms with E-state index in [4.69, 9.17) is 9.84 Å². The van der Waals surface area contributed by atoms with Crippen LogP contribution in [0.15, 0.2) is 43.2 Å². The van der Waals surface area contributed by atoms with Gasteiger partial charge >= 0.3 is 5.97 Å². The summed E-state index contributed by atoms with van der Waals surface area (Å²) in [5.74, 6) is -0.767. The first kappa shape index (κ1) is 15.4. The van der Waals surface area contributed by atoms with Crippen LogP contribution in [0.5, 0.6) is 0 Å². The number of allylic oxidation sites excluding steroid dienone is 2. The Bertz CT molecular complexity index is 299. The molecule has 0 fully saturated rings. The highest BCUT2D eigenvalue weighted by Gasteiger charge is 2.01. The summed E-state index contributed by atoms with van der Waals surface area (Å²) < 4.78 is 5.47. The molecule has 0 aromatic heterocycles. The third-order valence-electron chi connectivity index (χ3n) is 2.04. The van der Waals surface area contributed by atoms with Gasteiger partial charge in [0.2, 0.25) is 0 Å². The standard InChI is InChI=1S/C14H20O3/c1-3-9-13(17-12-4-2)10-7-5-6-8-11-14(15)16/h4-6,9,13H,1-2,7-8,10-12H2,(H,15,16)/b6-5+. The quantitative estimate of drug-likeness (QED) is 0.468. The van der Waals surface area contributed by atoms with Gasteiger partial charge in [-0.1, -0.05) is 24.8 Å². The van der Waals surface area contributed by atoms with Crippen LogP contribution in [0.25, 0.3) is 0 Å². The predicted octanol–water partition coefficient (Wildman–Crippen LogP) is 3.10. The molecular formula is C14H20O3. The van der Waals surface area contributed by atoms with Crippen molar-refractivity contribution in [3.63, 3.8) is 0 Å². The van der Waals surface area contributed by atoms with Crippen LogP contribution in [0.3, 0.4) is 0 Å². The number of carbonyl (C=O) groups is 1. The average molecular weight is 236 g/mol. The van der Waals surface area contributed by atoms with Gasteiger partial charge in [-0.05, 0) is 25.3 Å². The van der Waals surface area contributed by atoms with Gasteiger partial charge in [-0.15, -0.1) is 12.3 Å². The van der Waals surface area contributed by atoms with E-state index >= 15 is 0 Å². The lowest BCUT2D eigenvalue weighted by atomic mass is 10.1. The van der Waals surface area contributed by atoms with Crippen LogP contribution in [0, 0.1) is 0 Å². The molecule has 0 saturated carbocycles. The summed E-state index contributed by atoms with van der Waals surface area (Å²) in [7, 11) is 0. The monoisotopic (exact) mass is 236 g/mol. The van der Waals surface area contributed by atoms with Crippen molar-refractivity contribution in [1.82, 2.24) is 0 Å². The summed E-state index contributed by atoms with van der Waals surface area (Å²) >= 11 is 0. The summed E-state index contributed by atoms with van der Waals surface area (Å²) in [6, 6.07) is 0. The van der Waals surface area contributed by atoms with E-state index in [-0.39, 0.29) is 12.5 Å². The Kier molecular flexibility index (Phi) is 9.92. The number of hydrogen-bond donors (Lipinski definition) is 1. The fraction of sp³-hybridized carbons (Fsp3) is 0.429. The highest BCUT2D eigenvalue weighted by atomic mass is 16.5. The molecule has 1 atom stereocenters. The molecule has 0 aromatic rings. The van der Waals surface area contributed by atoms with E-state index in [0.29, 0.717) is 13.0 Å². The molecule has 0 spiro atoms. The molecule has 0 radical (unpaired) electrons. The van der Waals surface area contributed by atoms with Gasteiger partial charge in [0, 0.05) is 6.42 Å². The van der Waals surface area contributed by atoms with Crippen molar-refractivity contribution in [2.45, 2.75) is 31.8 Å². The first-order valence-electron chi connectivity index (χ1n) is 5.66. The number of ether oxygens (including phenoxy) is 1. The van der Waals surface area contributed by atoms with E-state index < -0.39 is 5.97 Å². The molecule has 94 valence electrons. The molecule has 0 heterocycles. The van der Waals surface area contributed by atoms with Crippen LogP contribution in [0.1, 0.15) is 25.7 Å². The molecule has 0 saturated heterocycles. The molecular weight excluding hydrogens is 216 g/mol. The number of carboxylic acids is 1. The van der Waals surface area contributed by atoms with E-state index in [1.807, 2.05) is 12.2 Å². The Morgan fingerprint density at radius 1 is 1.41 bits per heavy atom. The van der Waals surface area contributed by atoms with Crippen LogP contribution < -0.4 is 0 Å². The average Bonchev–Trinajstić information content (AvgIpc) is 2.29. The van der Waals surface area contributed by atoms with Crippen molar-refractivity contribution in [3.8, 4) is 0 Å². The number of aliphatic carboxylic acids is 1. The van der Waals surface area contributed by atoms with Crippen LogP contribution in [0.4, 0.5) is 0 Å². The minimum atomic E-state index is -0.767. The zero-order chi connectivity index (χ0) is 12.9. The van der Waals surface area contributed by atoms with Crippen molar-refractivity contribution < 1.29 is 14.6 Å². The molecule has 0 aliphatic carbocycles. The first-order valence-corrected chi connectivity index (χ1v) is 5.66. The molecule has 0 aliphatic heterocycles. The minimum absolute atomic E-state index is 0.00498. The smallest absolute Gasteiger partial charge is 0.303 e. The fourth-order valence-electron chi connectivity index (χ4n) is 1.24. The Balaban J connectivity index is 3.76. The Morgan fingerprint density at radius 3 is 2.71 bits per heavy atom.